The van der Waals surface area contributed by atoms with Gasteiger partial charge in [0.1, 0.15) is 0 Å². The topological polar surface area (TPSA) is 29.1 Å². The molecule has 0 radical (unpaired) electrons. The SMILES string of the molecule is C=N/C(=C1/C=Cc2ccccc2C1=Nc1cc2ccc3c4cccc5c6ccccc6n(c3c2cc1-c1ccccc1C)c54)c1ccc2ccccc2c1.CC. The number of fused-ring (bicyclic) bond motifs is 10. The molecule has 10 aromatic rings. The van der Waals surface area contributed by atoms with Gasteiger partial charge in [-0.15, -0.1) is 0 Å². The first kappa shape index (κ1) is 33.5. The van der Waals surface area contributed by atoms with Crippen molar-refractivity contribution < 1.29 is 0 Å². The standard InChI is InChI=1S/C51H33N3.C2H6/c1-31-12-3-7-16-37(31)45-30-44-35(25-26-42-41-20-11-19-40-39-18-9-10-21-47(39)54(50(40)41)51(42)44)29-46(45)53-49-38-17-8-6-14-33(38)24-27-43(49)48(52-2)36-23-22-32-13-4-5-15-34(32)28-36;1-2/h3-30H,2H2,1H3;1-2H3/b48-43-,53-49?;. The lowest BCUT2D eigenvalue weighted by molar-refractivity contribution is 1.38. The summed E-state index contributed by atoms with van der Waals surface area (Å²) in [6, 6.07) is 56.8. The molecule has 0 saturated carbocycles. The molecule has 1 aliphatic rings. The van der Waals surface area contributed by atoms with Crippen molar-refractivity contribution >= 4 is 89.5 Å². The monoisotopic (exact) mass is 717 g/mol. The average Bonchev–Trinajstić information content (AvgIpc) is 3.78. The van der Waals surface area contributed by atoms with Crippen molar-refractivity contribution in [2.24, 2.45) is 9.98 Å². The summed E-state index contributed by atoms with van der Waals surface area (Å²) in [5.74, 6) is 0. The Labute approximate surface area is 326 Å². The van der Waals surface area contributed by atoms with Gasteiger partial charge in [0, 0.05) is 49.2 Å². The molecule has 3 heteroatoms. The number of rotatable bonds is 4. The molecule has 0 unspecified atom stereocenters. The first-order valence-electron chi connectivity index (χ1n) is 19.4. The number of aryl methyl sites for hydroxylation is 1. The van der Waals surface area contributed by atoms with Gasteiger partial charge in [0.05, 0.1) is 33.6 Å². The summed E-state index contributed by atoms with van der Waals surface area (Å²) in [5.41, 5.74) is 13.9. The highest BCUT2D eigenvalue weighted by Gasteiger charge is 2.23. The lowest BCUT2D eigenvalue weighted by Gasteiger charge is -2.20. The fraction of sp³-hybridized carbons (Fsp3) is 0.0566. The third kappa shape index (κ3) is 5.05. The van der Waals surface area contributed by atoms with E-state index >= 15 is 0 Å². The molecular formula is C53H39N3. The van der Waals surface area contributed by atoms with E-state index in [1.807, 2.05) is 13.8 Å². The summed E-state index contributed by atoms with van der Waals surface area (Å²) in [4.78, 5) is 10.4. The summed E-state index contributed by atoms with van der Waals surface area (Å²) < 4.78 is 2.49. The van der Waals surface area contributed by atoms with Crippen LogP contribution in [0.4, 0.5) is 5.69 Å². The summed E-state index contributed by atoms with van der Waals surface area (Å²) >= 11 is 0. The molecule has 0 N–H and O–H groups in total. The molecule has 3 nitrogen and oxygen atoms in total. The summed E-state index contributed by atoms with van der Waals surface area (Å²) in [5, 5.41) is 9.81. The Morgan fingerprint density at radius 3 is 2.02 bits per heavy atom. The van der Waals surface area contributed by atoms with E-state index in [0.29, 0.717) is 0 Å². The number of benzene rings is 8. The second-order valence-electron chi connectivity index (χ2n) is 14.3. The van der Waals surface area contributed by atoms with Crippen LogP contribution in [0, 0.1) is 6.92 Å². The van der Waals surface area contributed by atoms with E-state index in [9.17, 15) is 0 Å². The molecule has 8 aromatic carbocycles. The Morgan fingerprint density at radius 1 is 0.518 bits per heavy atom. The second-order valence-corrected chi connectivity index (χ2v) is 14.3. The van der Waals surface area contributed by atoms with Gasteiger partial charge in [-0.3, -0.25) is 4.99 Å². The highest BCUT2D eigenvalue weighted by molar-refractivity contribution is 6.28. The second kappa shape index (κ2) is 13.3. The van der Waals surface area contributed by atoms with Crippen molar-refractivity contribution in [3.63, 3.8) is 0 Å². The van der Waals surface area contributed by atoms with Gasteiger partial charge >= 0.3 is 0 Å². The summed E-state index contributed by atoms with van der Waals surface area (Å²) in [7, 11) is 0. The molecule has 0 amide bonds. The van der Waals surface area contributed by atoms with E-state index in [4.69, 9.17) is 9.98 Å². The van der Waals surface area contributed by atoms with Gasteiger partial charge < -0.3 is 4.40 Å². The van der Waals surface area contributed by atoms with E-state index in [0.717, 1.165) is 61.3 Å². The van der Waals surface area contributed by atoms with E-state index in [1.165, 1.54) is 54.4 Å². The average molecular weight is 718 g/mol. The van der Waals surface area contributed by atoms with Crippen molar-refractivity contribution in [3.05, 3.63) is 192 Å². The van der Waals surface area contributed by atoms with Crippen LogP contribution in [0.15, 0.2) is 179 Å². The third-order valence-corrected chi connectivity index (χ3v) is 11.3. The lowest BCUT2D eigenvalue weighted by Crippen LogP contribution is -2.11. The smallest absolute Gasteiger partial charge is 0.0809 e. The highest BCUT2D eigenvalue weighted by Crippen LogP contribution is 2.45. The van der Waals surface area contributed by atoms with Gasteiger partial charge in [-0.05, 0) is 76.8 Å². The molecule has 0 aliphatic heterocycles. The van der Waals surface area contributed by atoms with Gasteiger partial charge in [-0.25, -0.2) is 4.99 Å². The number of hydrogen-bond acceptors (Lipinski definition) is 2. The van der Waals surface area contributed by atoms with Gasteiger partial charge in [-0.2, -0.15) is 0 Å². The normalized spacial score (nSPS) is 14.2. The zero-order valence-corrected chi connectivity index (χ0v) is 31.7. The molecular weight excluding hydrogens is 679 g/mol. The molecule has 0 fully saturated rings. The molecule has 0 saturated heterocycles. The van der Waals surface area contributed by atoms with Crippen LogP contribution in [0.1, 0.15) is 36.1 Å². The van der Waals surface area contributed by atoms with Crippen LogP contribution in [0.3, 0.4) is 0 Å². The Morgan fingerprint density at radius 2 is 1.18 bits per heavy atom. The van der Waals surface area contributed by atoms with Crippen molar-refractivity contribution in [3.8, 4) is 11.1 Å². The third-order valence-electron chi connectivity index (χ3n) is 11.3. The van der Waals surface area contributed by atoms with Crippen molar-refractivity contribution in [2.75, 3.05) is 0 Å². The first-order chi connectivity index (χ1) is 27.7. The number of allylic oxidation sites excluding steroid dienone is 2. The number of para-hydroxylation sites is 2. The Bertz CT molecular complexity index is 3300. The fourth-order valence-electron chi connectivity index (χ4n) is 8.81. The minimum Gasteiger partial charge on any atom is -0.307 e. The van der Waals surface area contributed by atoms with Crippen LogP contribution in [-0.2, 0) is 0 Å². The zero-order chi connectivity index (χ0) is 37.9. The van der Waals surface area contributed by atoms with Crippen LogP contribution in [0.5, 0.6) is 0 Å². The Balaban J connectivity index is 0.00000189. The maximum absolute atomic E-state index is 5.69. The molecule has 1 aliphatic carbocycles. The van der Waals surface area contributed by atoms with Crippen LogP contribution in [0.25, 0.3) is 82.5 Å². The highest BCUT2D eigenvalue weighted by atomic mass is 14.9. The van der Waals surface area contributed by atoms with E-state index < -0.39 is 0 Å². The largest absolute Gasteiger partial charge is 0.307 e. The Hall–Kier alpha value is -7.10. The van der Waals surface area contributed by atoms with Crippen molar-refractivity contribution in [2.45, 2.75) is 20.8 Å². The minimum absolute atomic E-state index is 0.808. The van der Waals surface area contributed by atoms with E-state index in [2.05, 4.69) is 188 Å². The van der Waals surface area contributed by atoms with Crippen LogP contribution in [0.2, 0.25) is 0 Å². The summed E-state index contributed by atoms with van der Waals surface area (Å²) in [6.45, 7) is 10.3. The summed E-state index contributed by atoms with van der Waals surface area (Å²) in [6.07, 6.45) is 4.32. The Kier molecular flexibility index (Phi) is 7.97. The molecule has 11 rings (SSSR count). The number of hydrogen-bond donors (Lipinski definition) is 0. The molecule has 56 heavy (non-hydrogen) atoms. The van der Waals surface area contributed by atoms with Gasteiger partial charge in [0.25, 0.3) is 0 Å². The molecule has 2 heterocycles. The van der Waals surface area contributed by atoms with Gasteiger partial charge in [0.2, 0.25) is 0 Å². The maximum atomic E-state index is 5.69. The number of aliphatic imine (C=N–C) groups is 2. The minimum atomic E-state index is 0.808. The van der Waals surface area contributed by atoms with Crippen LogP contribution < -0.4 is 0 Å². The van der Waals surface area contributed by atoms with Crippen LogP contribution >= 0.6 is 0 Å². The molecule has 0 atom stereocenters. The first-order valence-corrected chi connectivity index (χ1v) is 19.4. The van der Waals surface area contributed by atoms with Crippen LogP contribution in [-0.4, -0.2) is 16.8 Å². The molecule has 266 valence electrons. The van der Waals surface area contributed by atoms with E-state index in [1.54, 1.807) is 0 Å². The molecule has 0 spiro atoms. The number of aromatic nitrogens is 1. The quantitative estimate of drug-likeness (QED) is 0.162. The predicted molar refractivity (Wildman–Crippen MR) is 242 cm³/mol. The number of nitrogens with zero attached hydrogens (tertiary/aromatic N) is 3. The predicted octanol–water partition coefficient (Wildman–Crippen LogP) is 14.4. The van der Waals surface area contributed by atoms with Crippen molar-refractivity contribution in [1.29, 1.82) is 0 Å². The van der Waals surface area contributed by atoms with E-state index in [-0.39, 0.29) is 0 Å². The maximum Gasteiger partial charge on any atom is 0.0809 e. The van der Waals surface area contributed by atoms with Crippen molar-refractivity contribution in [1.82, 2.24) is 4.40 Å². The van der Waals surface area contributed by atoms with Gasteiger partial charge in [-0.1, -0.05) is 153 Å². The van der Waals surface area contributed by atoms with Gasteiger partial charge in [0.15, 0.2) is 0 Å². The molecule has 2 aromatic heterocycles. The lowest BCUT2D eigenvalue weighted by atomic mass is 9.88. The molecule has 0 bridgehead atoms. The fourth-order valence-corrected chi connectivity index (χ4v) is 8.81. The zero-order valence-electron chi connectivity index (χ0n) is 31.7.